The molecule has 1 aliphatic heterocycles. The molecule has 1 unspecified atom stereocenters. The average molecular weight is 226 g/mol. The van der Waals surface area contributed by atoms with E-state index in [1.165, 1.54) is 0 Å². The fourth-order valence-electron chi connectivity index (χ4n) is 2.75. The Balaban J connectivity index is 1.89. The number of hydrogen-bond donors (Lipinski definition) is 2. The molecule has 0 bridgehead atoms. The Morgan fingerprint density at radius 1 is 1.31 bits per heavy atom. The Labute approximate surface area is 94.6 Å². The van der Waals surface area contributed by atoms with E-state index in [2.05, 4.69) is 0 Å². The van der Waals surface area contributed by atoms with Gasteiger partial charge in [-0.3, -0.25) is 9.59 Å². The van der Waals surface area contributed by atoms with E-state index < -0.39 is 5.97 Å². The van der Waals surface area contributed by atoms with Crippen LogP contribution in [0, 0.1) is 5.92 Å². The second-order valence-corrected chi connectivity index (χ2v) is 4.85. The smallest absolute Gasteiger partial charge is 0.306 e. The molecule has 1 heterocycles. The van der Waals surface area contributed by atoms with Crippen molar-refractivity contribution in [2.75, 3.05) is 6.54 Å². The van der Waals surface area contributed by atoms with Crippen LogP contribution in [0.15, 0.2) is 0 Å². The molecule has 0 aromatic heterocycles. The minimum atomic E-state index is -0.706. The molecule has 1 saturated carbocycles. The molecule has 1 amide bonds. The lowest BCUT2D eigenvalue weighted by atomic mass is 9.85. The van der Waals surface area contributed by atoms with Gasteiger partial charge in [0.2, 0.25) is 5.91 Å². The zero-order valence-corrected chi connectivity index (χ0v) is 9.26. The van der Waals surface area contributed by atoms with Gasteiger partial charge in [-0.1, -0.05) is 0 Å². The molecule has 0 radical (unpaired) electrons. The van der Waals surface area contributed by atoms with Crippen LogP contribution in [0.3, 0.4) is 0 Å². The fraction of sp³-hybridized carbons (Fsp3) is 0.818. The lowest BCUT2D eigenvalue weighted by molar-refractivity contribution is -0.143. The SMILES string of the molecule is NC1CC(=O)N(C2CCC(C(=O)O)CC2)C1. The van der Waals surface area contributed by atoms with Crippen LogP contribution in [0.1, 0.15) is 32.1 Å². The van der Waals surface area contributed by atoms with E-state index in [9.17, 15) is 9.59 Å². The summed E-state index contributed by atoms with van der Waals surface area (Å²) in [6.07, 6.45) is 3.40. The summed E-state index contributed by atoms with van der Waals surface area (Å²) in [6.45, 7) is 0.640. The highest BCUT2D eigenvalue weighted by atomic mass is 16.4. The van der Waals surface area contributed by atoms with Crippen LogP contribution in [-0.2, 0) is 9.59 Å². The van der Waals surface area contributed by atoms with Gasteiger partial charge in [0.25, 0.3) is 0 Å². The first kappa shape index (κ1) is 11.4. The van der Waals surface area contributed by atoms with Crippen LogP contribution in [0.25, 0.3) is 0 Å². The lowest BCUT2D eigenvalue weighted by Crippen LogP contribution is -2.41. The maximum absolute atomic E-state index is 11.6. The van der Waals surface area contributed by atoms with Crippen molar-refractivity contribution in [2.24, 2.45) is 11.7 Å². The van der Waals surface area contributed by atoms with Gasteiger partial charge in [-0.2, -0.15) is 0 Å². The Kier molecular flexibility index (Phi) is 3.14. The first-order valence-electron chi connectivity index (χ1n) is 5.85. The molecule has 3 N–H and O–H groups in total. The van der Waals surface area contributed by atoms with Gasteiger partial charge in [-0.15, -0.1) is 0 Å². The molecule has 2 rings (SSSR count). The number of carbonyl (C=O) groups excluding carboxylic acids is 1. The number of nitrogens with zero attached hydrogens (tertiary/aromatic N) is 1. The number of likely N-dealkylation sites (tertiary alicyclic amines) is 1. The zero-order valence-electron chi connectivity index (χ0n) is 9.26. The number of nitrogens with two attached hydrogens (primary N) is 1. The van der Waals surface area contributed by atoms with Crippen molar-refractivity contribution < 1.29 is 14.7 Å². The quantitative estimate of drug-likeness (QED) is 0.704. The number of carbonyl (C=O) groups is 2. The molecular weight excluding hydrogens is 208 g/mol. The van der Waals surface area contributed by atoms with Crippen molar-refractivity contribution in [1.82, 2.24) is 4.90 Å². The van der Waals surface area contributed by atoms with Gasteiger partial charge in [0.15, 0.2) is 0 Å². The predicted octanol–water partition coefficient (Wildman–Crippen LogP) is 0.189. The zero-order chi connectivity index (χ0) is 11.7. The summed E-state index contributed by atoms with van der Waals surface area (Å²) in [5, 5.41) is 8.88. The molecule has 2 aliphatic rings. The summed E-state index contributed by atoms with van der Waals surface area (Å²) >= 11 is 0. The van der Waals surface area contributed by atoms with Crippen LogP contribution in [0.5, 0.6) is 0 Å². The van der Waals surface area contributed by atoms with Crippen molar-refractivity contribution in [3.63, 3.8) is 0 Å². The second kappa shape index (κ2) is 4.41. The highest BCUT2D eigenvalue weighted by Gasteiger charge is 2.35. The van der Waals surface area contributed by atoms with Crippen molar-refractivity contribution in [2.45, 2.75) is 44.2 Å². The number of aliphatic carboxylic acids is 1. The molecule has 0 spiro atoms. The molecule has 0 aromatic carbocycles. The van der Waals surface area contributed by atoms with E-state index in [-0.39, 0.29) is 23.9 Å². The number of amides is 1. The van der Waals surface area contributed by atoms with Crippen LogP contribution in [-0.4, -0.2) is 40.5 Å². The van der Waals surface area contributed by atoms with E-state index in [4.69, 9.17) is 10.8 Å². The molecule has 16 heavy (non-hydrogen) atoms. The maximum Gasteiger partial charge on any atom is 0.306 e. The van der Waals surface area contributed by atoms with E-state index in [0.717, 1.165) is 12.8 Å². The minimum Gasteiger partial charge on any atom is -0.481 e. The van der Waals surface area contributed by atoms with Crippen LogP contribution in [0.2, 0.25) is 0 Å². The Morgan fingerprint density at radius 2 is 1.94 bits per heavy atom. The van der Waals surface area contributed by atoms with Gasteiger partial charge in [-0.05, 0) is 25.7 Å². The molecule has 1 aliphatic carbocycles. The van der Waals surface area contributed by atoms with Gasteiger partial charge in [0.05, 0.1) is 5.92 Å². The normalized spacial score (nSPS) is 35.4. The van der Waals surface area contributed by atoms with Gasteiger partial charge >= 0.3 is 5.97 Å². The van der Waals surface area contributed by atoms with Crippen molar-refractivity contribution in [3.05, 3.63) is 0 Å². The predicted molar refractivity (Wildman–Crippen MR) is 57.7 cm³/mol. The average Bonchev–Trinajstić information content (AvgIpc) is 2.58. The summed E-state index contributed by atoms with van der Waals surface area (Å²) in [7, 11) is 0. The van der Waals surface area contributed by atoms with E-state index in [1.54, 1.807) is 0 Å². The summed E-state index contributed by atoms with van der Waals surface area (Å²) in [5.74, 6) is -0.795. The van der Waals surface area contributed by atoms with E-state index in [1.807, 2.05) is 4.90 Å². The van der Waals surface area contributed by atoms with E-state index >= 15 is 0 Å². The molecule has 0 aromatic rings. The first-order valence-corrected chi connectivity index (χ1v) is 5.85. The molecule has 1 atom stereocenters. The van der Waals surface area contributed by atoms with Gasteiger partial charge in [0, 0.05) is 25.0 Å². The van der Waals surface area contributed by atoms with Crippen LogP contribution < -0.4 is 5.73 Å². The fourth-order valence-corrected chi connectivity index (χ4v) is 2.75. The number of hydrogen-bond acceptors (Lipinski definition) is 3. The van der Waals surface area contributed by atoms with Crippen LogP contribution >= 0.6 is 0 Å². The monoisotopic (exact) mass is 226 g/mol. The number of carboxylic acids is 1. The largest absolute Gasteiger partial charge is 0.481 e. The third-order valence-electron chi connectivity index (χ3n) is 3.68. The van der Waals surface area contributed by atoms with Crippen LogP contribution in [0.4, 0.5) is 0 Å². The first-order chi connectivity index (χ1) is 7.58. The Morgan fingerprint density at radius 3 is 2.38 bits per heavy atom. The maximum atomic E-state index is 11.6. The summed E-state index contributed by atoms with van der Waals surface area (Å²) in [6, 6.07) is 0.182. The van der Waals surface area contributed by atoms with Crippen molar-refractivity contribution in [1.29, 1.82) is 0 Å². The standard InChI is InChI=1S/C11H18N2O3/c12-8-5-10(14)13(6-8)9-3-1-7(2-4-9)11(15)16/h7-9H,1-6,12H2,(H,15,16). The third-order valence-corrected chi connectivity index (χ3v) is 3.68. The summed E-state index contributed by atoms with van der Waals surface area (Å²) in [5.41, 5.74) is 5.74. The third kappa shape index (κ3) is 2.19. The molecule has 90 valence electrons. The van der Waals surface area contributed by atoms with Gasteiger partial charge in [-0.25, -0.2) is 0 Å². The van der Waals surface area contributed by atoms with Crippen molar-refractivity contribution in [3.8, 4) is 0 Å². The van der Waals surface area contributed by atoms with Crippen molar-refractivity contribution >= 4 is 11.9 Å². The summed E-state index contributed by atoms with van der Waals surface area (Å²) < 4.78 is 0. The second-order valence-electron chi connectivity index (χ2n) is 4.85. The molecule has 2 fully saturated rings. The summed E-state index contributed by atoms with van der Waals surface area (Å²) in [4.78, 5) is 24.3. The van der Waals surface area contributed by atoms with E-state index in [0.29, 0.717) is 25.8 Å². The number of rotatable bonds is 2. The lowest BCUT2D eigenvalue weighted by Gasteiger charge is -2.33. The molecule has 5 heteroatoms. The molecule has 5 nitrogen and oxygen atoms in total. The molecule has 1 saturated heterocycles. The minimum absolute atomic E-state index is 0.0373. The highest BCUT2D eigenvalue weighted by molar-refractivity contribution is 5.79. The topological polar surface area (TPSA) is 83.6 Å². The highest BCUT2D eigenvalue weighted by Crippen LogP contribution is 2.29. The Hall–Kier alpha value is -1.10. The van der Waals surface area contributed by atoms with Gasteiger partial charge in [0.1, 0.15) is 0 Å². The Bertz CT molecular complexity index is 298. The molecular formula is C11H18N2O3. The van der Waals surface area contributed by atoms with Gasteiger partial charge < -0.3 is 15.7 Å². The number of carboxylic acid groups (broad SMARTS) is 1.